The molecule has 3 rings (SSSR count). The minimum atomic E-state index is -0.974. The van der Waals surface area contributed by atoms with Crippen LogP contribution in [0.5, 0.6) is 5.75 Å². The molecule has 40 heavy (non-hydrogen) atoms. The molecule has 0 bridgehead atoms. The second-order valence-corrected chi connectivity index (χ2v) is 9.06. The van der Waals surface area contributed by atoms with Crippen molar-refractivity contribution in [3.8, 4) is 5.75 Å². The molecule has 2 atom stereocenters. The molecule has 2 unspecified atom stereocenters. The summed E-state index contributed by atoms with van der Waals surface area (Å²) < 4.78 is 12.7. The van der Waals surface area contributed by atoms with Crippen LogP contribution in [0, 0.1) is 0 Å². The highest BCUT2D eigenvalue weighted by Gasteiger charge is 2.18. The minimum Gasteiger partial charge on any atom is -0.492 e. The van der Waals surface area contributed by atoms with Crippen molar-refractivity contribution in [3.05, 3.63) is 70.3 Å². The number of carbonyl (C=O) groups is 2. The Labute approximate surface area is 233 Å². The molecule has 0 aliphatic carbocycles. The highest BCUT2D eigenvalue weighted by atomic mass is 16.5. The number of para-hydroxylation sites is 1. The predicted octanol–water partition coefficient (Wildman–Crippen LogP) is 2.60. The first-order valence-corrected chi connectivity index (χ1v) is 13.4. The van der Waals surface area contributed by atoms with Crippen molar-refractivity contribution in [3.63, 3.8) is 0 Å². The summed E-state index contributed by atoms with van der Waals surface area (Å²) in [5.41, 5.74) is 11.9. The first kappa shape index (κ1) is 32.4. The molecule has 1 aromatic heterocycles. The maximum Gasteiger partial charge on any atom is 0.333 e. The monoisotopic (exact) mass is 556 g/mol. The van der Waals surface area contributed by atoms with E-state index in [1.54, 1.807) is 29.7 Å². The fourth-order valence-corrected chi connectivity index (χ4v) is 3.96. The number of benzene rings is 2. The van der Waals surface area contributed by atoms with E-state index in [0.29, 0.717) is 62.2 Å². The summed E-state index contributed by atoms with van der Waals surface area (Å²) in [6.07, 6.45) is 2.25. The number of nitrogens with two attached hydrogens (primary N) is 2. The van der Waals surface area contributed by atoms with Crippen molar-refractivity contribution in [1.82, 2.24) is 9.55 Å². The highest BCUT2D eigenvalue weighted by molar-refractivity contribution is 5.77. The number of fused-ring (bicyclic) bond motifs is 1. The van der Waals surface area contributed by atoms with E-state index in [0.717, 1.165) is 24.2 Å². The Morgan fingerprint density at radius 2 is 1.73 bits per heavy atom. The molecule has 1 heterocycles. The molecule has 0 radical (unpaired) electrons. The lowest BCUT2D eigenvalue weighted by Gasteiger charge is -2.14. The van der Waals surface area contributed by atoms with Gasteiger partial charge in [-0.15, -0.1) is 0 Å². The van der Waals surface area contributed by atoms with Gasteiger partial charge in [0, 0.05) is 19.4 Å². The first-order chi connectivity index (χ1) is 19.2. The Bertz CT molecular complexity index is 1280. The van der Waals surface area contributed by atoms with E-state index >= 15 is 0 Å². The van der Waals surface area contributed by atoms with Gasteiger partial charge in [-0.25, -0.2) is 9.78 Å². The largest absolute Gasteiger partial charge is 0.492 e. The van der Waals surface area contributed by atoms with E-state index in [-0.39, 0.29) is 5.56 Å². The van der Waals surface area contributed by atoms with Gasteiger partial charge in [-0.05, 0) is 56.1 Å². The van der Waals surface area contributed by atoms with Crippen LogP contribution in [0.2, 0.25) is 0 Å². The van der Waals surface area contributed by atoms with Gasteiger partial charge in [-0.3, -0.25) is 14.2 Å². The van der Waals surface area contributed by atoms with Crippen LogP contribution >= 0.6 is 0 Å². The lowest BCUT2D eigenvalue weighted by Crippen LogP contribution is -2.29. The number of carboxylic acids is 2. The van der Waals surface area contributed by atoms with Crippen molar-refractivity contribution >= 4 is 22.8 Å². The second kappa shape index (κ2) is 17.0. The lowest BCUT2D eigenvalue weighted by atomic mass is 10.1. The fraction of sp³-hybridized carbons (Fsp3) is 0.448. The van der Waals surface area contributed by atoms with Gasteiger partial charge in [0.15, 0.2) is 6.10 Å². The number of hydrogen-bond donors (Lipinski definition) is 4. The van der Waals surface area contributed by atoms with Crippen molar-refractivity contribution in [2.45, 2.75) is 64.6 Å². The van der Waals surface area contributed by atoms with Crippen LogP contribution in [0.3, 0.4) is 0 Å². The summed E-state index contributed by atoms with van der Waals surface area (Å²) in [4.78, 5) is 38.8. The number of ether oxygens (including phenoxy) is 2. The van der Waals surface area contributed by atoms with E-state index in [1.165, 1.54) is 0 Å². The van der Waals surface area contributed by atoms with Crippen LogP contribution in [0.4, 0.5) is 0 Å². The molecule has 11 heteroatoms. The van der Waals surface area contributed by atoms with Crippen LogP contribution in [0.1, 0.15) is 44.5 Å². The predicted molar refractivity (Wildman–Crippen MR) is 153 cm³/mol. The molecular formula is C29H40N4O7. The first-order valence-electron chi connectivity index (χ1n) is 13.4. The van der Waals surface area contributed by atoms with Gasteiger partial charge in [0.1, 0.15) is 24.2 Å². The number of carboxylic acid groups (broad SMARTS) is 2. The number of aromatic nitrogens is 2. The topological polar surface area (TPSA) is 180 Å². The number of rotatable bonds is 15. The zero-order chi connectivity index (χ0) is 29.5. The SMILES string of the molecule is CCOC(Cc1ccc(OCCn2c(CC)nc3ccccc3c2=O)cc1)C(=O)O.NCCCCC(N)C(=O)O. The Morgan fingerprint density at radius 1 is 1.02 bits per heavy atom. The average molecular weight is 557 g/mol. The van der Waals surface area contributed by atoms with Crippen LogP contribution < -0.4 is 21.8 Å². The van der Waals surface area contributed by atoms with Gasteiger partial charge in [0.05, 0.1) is 17.4 Å². The van der Waals surface area contributed by atoms with Crippen molar-refractivity contribution < 1.29 is 29.3 Å². The summed E-state index contributed by atoms with van der Waals surface area (Å²) in [6.45, 7) is 5.41. The Balaban J connectivity index is 0.000000478. The average Bonchev–Trinajstić information content (AvgIpc) is 2.95. The summed E-state index contributed by atoms with van der Waals surface area (Å²) in [5.74, 6) is -0.523. The molecule has 0 saturated heterocycles. The highest BCUT2D eigenvalue weighted by Crippen LogP contribution is 2.15. The third-order valence-electron chi connectivity index (χ3n) is 6.11. The molecule has 218 valence electrons. The molecule has 11 nitrogen and oxygen atoms in total. The fourth-order valence-electron chi connectivity index (χ4n) is 3.96. The van der Waals surface area contributed by atoms with Crippen molar-refractivity contribution in [2.24, 2.45) is 11.5 Å². The van der Waals surface area contributed by atoms with Gasteiger partial charge in [0.2, 0.25) is 0 Å². The van der Waals surface area contributed by atoms with Gasteiger partial charge < -0.3 is 31.2 Å². The zero-order valence-corrected chi connectivity index (χ0v) is 23.1. The van der Waals surface area contributed by atoms with Crippen molar-refractivity contribution in [1.29, 1.82) is 0 Å². The Kier molecular flexibility index (Phi) is 13.8. The van der Waals surface area contributed by atoms with Crippen LogP contribution in [0.25, 0.3) is 10.9 Å². The molecule has 3 aromatic rings. The standard InChI is InChI=1S/C23H26N2O5.C6H14N2O2/c1-3-21-24-19-8-6-5-7-18(19)22(26)25(21)13-14-30-17-11-9-16(10-12-17)15-20(23(27)28)29-4-2;7-4-2-1-3-5(8)6(9)10/h5-12,20H,3-4,13-15H2,1-2H3,(H,27,28);5H,1-4,7-8H2,(H,9,10). The molecule has 0 aliphatic rings. The number of aryl methyl sites for hydroxylation is 1. The Hall–Kier alpha value is -3.80. The van der Waals surface area contributed by atoms with Crippen LogP contribution in [-0.2, 0) is 33.7 Å². The molecular weight excluding hydrogens is 516 g/mol. The van der Waals surface area contributed by atoms with E-state index in [4.69, 9.17) is 26.0 Å². The summed E-state index contributed by atoms with van der Waals surface area (Å²) in [6, 6.07) is 13.9. The van der Waals surface area contributed by atoms with E-state index < -0.39 is 24.1 Å². The number of hydrogen-bond acceptors (Lipinski definition) is 8. The van der Waals surface area contributed by atoms with Crippen molar-refractivity contribution in [2.75, 3.05) is 19.8 Å². The van der Waals surface area contributed by atoms with E-state index in [2.05, 4.69) is 4.98 Å². The van der Waals surface area contributed by atoms with E-state index in [9.17, 15) is 19.5 Å². The number of nitrogens with zero attached hydrogens (tertiary/aromatic N) is 2. The lowest BCUT2D eigenvalue weighted by molar-refractivity contribution is -0.150. The third kappa shape index (κ3) is 10.1. The molecule has 0 aliphatic heterocycles. The van der Waals surface area contributed by atoms with Gasteiger partial charge in [0.25, 0.3) is 5.56 Å². The maximum absolute atomic E-state index is 12.8. The molecule has 0 spiro atoms. The molecule has 6 N–H and O–H groups in total. The second-order valence-electron chi connectivity index (χ2n) is 9.06. The zero-order valence-electron chi connectivity index (χ0n) is 23.1. The summed E-state index contributed by atoms with van der Waals surface area (Å²) in [7, 11) is 0. The smallest absolute Gasteiger partial charge is 0.333 e. The van der Waals surface area contributed by atoms with Gasteiger partial charge in [-0.2, -0.15) is 0 Å². The maximum atomic E-state index is 12.8. The van der Waals surface area contributed by atoms with Crippen LogP contribution in [0.15, 0.2) is 53.3 Å². The molecule has 2 aromatic carbocycles. The quantitative estimate of drug-likeness (QED) is 0.203. The van der Waals surface area contributed by atoms with Crippen LogP contribution in [-0.4, -0.2) is 63.6 Å². The summed E-state index contributed by atoms with van der Waals surface area (Å²) >= 11 is 0. The van der Waals surface area contributed by atoms with E-state index in [1.807, 2.05) is 37.3 Å². The molecule has 0 saturated carbocycles. The van der Waals surface area contributed by atoms with Gasteiger partial charge >= 0.3 is 11.9 Å². The minimum absolute atomic E-state index is 0.0629. The number of unbranched alkanes of at least 4 members (excludes halogenated alkanes) is 1. The normalized spacial score (nSPS) is 12.3. The molecule has 0 fully saturated rings. The third-order valence-corrected chi connectivity index (χ3v) is 6.11. The number of aliphatic carboxylic acids is 2. The molecule has 0 amide bonds. The van der Waals surface area contributed by atoms with Gasteiger partial charge in [-0.1, -0.05) is 37.6 Å². The summed E-state index contributed by atoms with van der Waals surface area (Å²) in [5, 5.41) is 18.1. The Morgan fingerprint density at radius 3 is 2.33 bits per heavy atom.